The van der Waals surface area contributed by atoms with Crippen LogP contribution in [0.25, 0.3) is 0 Å². The van der Waals surface area contributed by atoms with Gasteiger partial charge in [-0.15, -0.1) is 0 Å². The molecule has 0 saturated heterocycles. The summed E-state index contributed by atoms with van der Waals surface area (Å²) in [6.07, 6.45) is 0. The van der Waals surface area contributed by atoms with Gasteiger partial charge in [-0.1, -0.05) is 23.7 Å². The summed E-state index contributed by atoms with van der Waals surface area (Å²) in [7, 11) is 0. The number of amides is 1. The van der Waals surface area contributed by atoms with Gasteiger partial charge in [-0.2, -0.15) is 0 Å². The molecule has 5 heteroatoms. The molecule has 1 rings (SSSR count). The molecule has 0 atom stereocenters. The molecule has 16 heavy (non-hydrogen) atoms. The van der Waals surface area contributed by atoms with Gasteiger partial charge in [0.15, 0.2) is 0 Å². The van der Waals surface area contributed by atoms with Crippen LogP contribution < -0.4 is 11.1 Å². The number of nitrogens with two attached hydrogens (primary N) is 1. The van der Waals surface area contributed by atoms with Crippen LogP contribution in [0.5, 0.6) is 0 Å². The van der Waals surface area contributed by atoms with Gasteiger partial charge in [0.25, 0.3) is 0 Å². The normalized spacial score (nSPS) is 10.1. The van der Waals surface area contributed by atoms with Gasteiger partial charge in [-0.05, 0) is 17.7 Å². The number of carbonyl (C=O) groups is 1. The van der Waals surface area contributed by atoms with Crippen LogP contribution in [0.15, 0.2) is 24.3 Å². The minimum absolute atomic E-state index is 0.0464. The van der Waals surface area contributed by atoms with E-state index in [1.165, 1.54) is 0 Å². The van der Waals surface area contributed by atoms with Gasteiger partial charge in [0.2, 0.25) is 5.91 Å². The van der Waals surface area contributed by atoms with Crippen molar-refractivity contribution in [1.82, 2.24) is 5.32 Å². The molecule has 0 aliphatic heterocycles. The fourth-order valence-corrected chi connectivity index (χ4v) is 1.23. The average Bonchev–Trinajstić information content (AvgIpc) is 2.29. The van der Waals surface area contributed by atoms with E-state index in [0.717, 1.165) is 5.56 Å². The lowest BCUT2D eigenvalue weighted by atomic mass is 10.2. The Morgan fingerprint density at radius 2 is 2.06 bits per heavy atom. The molecule has 0 fully saturated rings. The fourth-order valence-electron chi connectivity index (χ4n) is 1.10. The van der Waals surface area contributed by atoms with Gasteiger partial charge in [-0.3, -0.25) is 4.79 Å². The number of benzene rings is 1. The SMILES string of the molecule is NCCOCC(=O)NCc1ccc(Cl)cc1. The molecule has 0 unspecified atom stereocenters. The smallest absolute Gasteiger partial charge is 0.246 e. The molecule has 0 heterocycles. The molecule has 4 nitrogen and oxygen atoms in total. The van der Waals surface area contributed by atoms with E-state index in [2.05, 4.69) is 5.32 Å². The molecule has 0 saturated carbocycles. The molecule has 0 aliphatic carbocycles. The van der Waals surface area contributed by atoms with E-state index in [1.54, 1.807) is 12.1 Å². The fraction of sp³-hybridized carbons (Fsp3) is 0.364. The van der Waals surface area contributed by atoms with Crippen molar-refractivity contribution in [2.24, 2.45) is 5.73 Å². The number of ether oxygens (including phenoxy) is 1. The Hall–Kier alpha value is -1.10. The van der Waals surface area contributed by atoms with Crippen LogP contribution in [0.2, 0.25) is 5.02 Å². The van der Waals surface area contributed by atoms with Crippen LogP contribution >= 0.6 is 11.6 Å². The van der Waals surface area contributed by atoms with Crippen LogP contribution in [0.4, 0.5) is 0 Å². The third-order valence-corrected chi connectivity index (χ3v) is 2.15. The zero-order valence-electron chi connectivity index (χ0n) is 8.91. The second-order valence-corrected chi connectivity index (χ2v) is 3.68. The van der Waals surface area contributed by atoms with Crippen LogP contribution in [-0.4, -0.2) is 25.7 Å². The summed E-state index contributed by atoms with van der Waals surface area (Å²) in [5.74, 6) is -0.150. The standard InChI is InChI=1S/C11H15ClN2O2/c12-10-3-1-9(2-4-10)7-14-11(15)8-16-6-5-13/h1-4H,5-8,13H2,(H,14,15). The first-order valence-corrected chi connectivity index (χ1v) is 5.39. The number of rotatable bonds is 6. The van der Waals surface area contributed by atoms with Crippen molar-refractivity contribution in [3.8, 4) is 0 Å². The molecule has 0 bridgehead atoms. The maximum absolute atomic E-state index is 11.3. The van der Waals surface area contributed by atoms with Crippen LogP contribution in [0, 0.1) is 0 Å². The zero-order chi connectivity index (χ0) is 11.8. The van der Waals surface area contributed by atoms with Crippen molar-refractivity contribution >= 4 is 17.5 Å². The average molecular weight is 243 g/mol. The van der Waals surface area contributed by atoms with E-state index in [9.17, 15) is 4.79 Å². The van der Waals surface area contributed by atoms with Crippen LogP contribution in [-0.2, 0) is 16.1 Å². The lowest BCUT2D eigenvalue weighted by molar-refractivity contribution is -0.125. The van der Waals surface area contributed by atoms with Crippen molar-refractivity contribution in [1.29, 1.82) is 0 Å². The Balaban J connectivity index is 2.23. The van der Waals surface area contributed by atoms with Gasteiger partial charge < -0.3 is 15.8 Å². The highest BCUT2D eigenvalue weighted by Crippen LogP contribution is 2.08. The Kier molecular flexibility index (Phi) is 5.85. The number of carbonyl (C=O) groups excluding carboxylic acids is 1. The minimum Gasteiger partial charge on any atom is -0.370 e. The molecule has 3 N–H and O–H groups in total. The van der Waals surface area contributed by atoms with Gasteiger partial charge in [0.05, 0.1) is 6.61 Å². The summed E-state index contributed by atoms with van der Waals surface area (Å²) in [6.45, 7) is 1.34. The summed E-state index contributed by atoms with van der Waals surface area (Å²) < 4.78 is 4.99. The van der Waals surface area contributed by atoms with E-state index in [0.29, 0.717) is 24.7 Å². The number of nitrogens with one attached hydrogen (secondary N) is 1. The van der Waals surface area contributed by atoms with Crippen molar-refractivity contribution in [2.45, 2.75) is 6.54 Å². The highest BCUT2D eigenvalue weighted by atomic mass is 35.5. The van der Waals surface area contributed by atoms with Crippen molar-refractivity contribution < 1.29 is 9.53 Å². The lowest BCUT2D eigenvalue weighted by Gasteiger charge is -2.05. The first kappa shape index (κ1) is 13.0. The molecular weight excluding hydrogens is 228 g/mol. The summed E-state index contributed by atoms with van der Waals surface area (Å²) >= 11 is 5.74. The van der Waals surface area contributed by atoms with E-state index in [1.807, 2.05) is 12.1 Å². The maximum atomic E-state index is 11.3. The van der Waals surface area contributed by atoms with Crippen LogP contribution in [0.3, 0.4) is 0 Å². The predicted octanol–water partition coefficient (Wildman–Crippen LogP) is 0.931. The third kappa shape index (κ3) is 5.11. The monoisotopic (exact) mass is 242 g/mol. The molecule has 1 amide bonds. The number of hydrogen-bond acceptors (Lipinski definition) is 3. The van der Waals surface area contributed by atoms with Crippen molar-refractivity contribution in [2.75, 3.05) is 19.8 Å². The topological polar surface area (TPSA) is 64.3 Å². The molecule has 1 aromatic rings. The van der Waals surface area contributed by atoms with E-state index in [-0.39, 0.29) is 12.5 Å². The Labute approximate surface area is 99.7 Å². The third-order valence-electron chi connectivity index (χ3n) is 1.90. The Morgan fingerprint density at radius 1 is 1.38 bits per heavy atom. The Bertz CT molecular complexity index is 327. The molecule has 0 aromatic heterocycles. The van der Waals surface area contributed by atoms with E-state index < -0.39 is 0 Å². The molecule has 0 spiro atoms. The van der Waals surface area contributed by atoms with Gasteiger partial charge >= 0.3 is 0 Å². The predicted molar refractivity (Wildman–Crippen MR) is 63.2 cm³/mol. The summed E-state index contributed by atoms with van der Waals surface area (Å²) in [5.41, 5.74) is 6.22. The molecule has 1 aromatic carbocycles. The summed E-state index contributed by atoms with van der Waals surface area (Å²) in [6, 6.07) is 7.30. The summed E-state index contributed by atoms with van der Waals surface area (Å²) in [5, 5.41) is 3.41. The van der Waals surface area contributed by atoms with Gasteiger partial charge in [-0.25, -0.2) is 0 Å². The second kappa shape index (κ2) is 7.22. The number of halogens is 1. The number of hydrogen-bond donors (Lipinski definition) is 2. The minimum atomic E-state index is -0.150. The highest BCUT2D eigenvalue weighted by molar-refractivity contribution is 6.30. The highest BCUT2D eigenvalue weighted by Gasteiger charge is 2.00. The van der Waals surface area contributed by atoms with Crippen molar-refractivity contribution in [3.63, 3.8) is 0 Å². The zero-order valence-corrected chi connectivity index (χ0v) is 9.67. The largest absolute Gasteiger partial charge is 0.370 e. The Morgan fingerprint density at radius 3 is 2.69 bits per heavy atom. The van der Waals surface area contributed by atoms with Crippen LogP contribution in [0.1, 0.15) is 5.56 Å². The first-order valence-electron chi connectivity index (χ1n) is 5.01. The quantitative estimate of drug-likeness (QED) is 0.730. The second-order valence-electron chi connectivity index (χ2n) is 3.24. The van der Waals surface area contributed by atoms with E-state index in [4.69, 9.17) is 22.1 Å². The van der Waals surface area contributed by atoms with E-state index >= 15 is 0 Å². The maximum Gasteiger partial charge on any atom is 0.246 e. The molecular formula is C11H15ClN2O2. The first-order chi connectivity index (χ1) is 7.72. The van der Waals surface area contributed by atoms with Crippen molar-refractivity contribution in [3.05, 3.63) is 34.9 Å². The lowest BCUT2D eigenvalue weighted by Crippen LogP contribution is -2.28. The molecule has 0 aliphatic rings. The van der Waals surface area contributed by atoms with Gasteiger partial charge in [0, 0.05) is 18.1 Å². The summed E-state index contributed by atoms with van der Waals surface area (Å²) in [4.78, 5) is 11.3. The molecule has 88 valence electrons. The van der Waals surface area contributed by atoms with Gasteiger partial charge in [0.1, 0.15) is 6.61 Å². The molecule has 0 radical (unpaired) electrons.